The smallest absolute Gasteiger partial charge is 0.213 e. The molecule has 0 saturated carbocycles. The molecule has 150 valence electrons. The second-order valence-corrected chi connectivity index (χ2v) is 7.62. The van der Waals surface area contributed by atoms with Gasteiger partial charge in [-0.2, -0.15) is 5.10 Å². The van der Waals surface area contributed by atoms with Crippen molar-refractivity contribution in [2.75, 3.05) is 18.8 Å². The molecule has 0 aliphatic carbocycles. The van der Waals surface area contributed by atoms with Gasteiger partial charge < -0.3 is 10.6 Å². The number of guanidine groups is 1. The molecule has 10 heteroatoms. The van der Waals surface area contributed by atoms with Gasteiger partial charge in [0.15, 0.2) is 5.96 Å². The van der Waals surface area contributed by atoms with Gasteiger partial charge in [-0.05, 0) is 18.6 Å². The maximum Gasteiger partial charge on any atom is 0.213 e. The fraction of sp³-hybridized carbons (Fsp3) is 0.412. The van der Waals surface area contributed by atoms with E-state index < -0.39 is 10.0 Å². The zero-order valence-corrected chi connectivity index (χ0v) is 18.7. The summed E-state index contributed by atoms with van der Waals surface area (Å²) < 4.78 is 28.6. The molecule has 27 heavy (non-hydrogen) atoms. The third-order valence-corrected chi connectivity index (χ3v) is 4.99. The van der Waals surface area contributed by atoms with Crippen LogP contribution in [0.4, 0.5) is 0 Å². The number of hydrogen-bond acceptors (Lipinski definition) is 4. The van der Waals surface area contributed by atoms with Gasteiger partial charge in [0.25, 0.3) is 0 Å². The average molecular weight is 506 g/mol. The normalized spacial score (nSPS) is 11.7. The van der Waals surface area contributed by atoms with Crippen LogP contribution in [0.25, 0.3) is 0 Å². The number of hydrogen-bond donors (Lipinski definition) is 3. The van der Waals surface area contributed by atoms with Crippen LogP contribution in [0.5, 0.6) is 0 Å². The van der Waals surface area contributed by atoms with E-state index in [0.717, 1.165) is 11.3 Å². The summed E-state index contributed by atoms with van der Waals surface area (Å²) in [5, 5.41) is 10.2. The van der Waals surface area contributed by atoms with Crippen molar-refractivity contribution < 1.29 is 8.42 Å². The van der Waals surface area contributed by atoms with E-state index in [2.05, 4.69) is 25.4 Å². The van der Waals surface area contributed by atoms with Crippen LogP contribution in [0, 0.1) is 0 Å². The SMILES string of the molecule is CCNC(=NCc1ccnn1C)NCCS(=O)(=O)NCc1ccccc1.I. The maximum absolute atomic E-state index is 12.1. The van der Waals surface area contributed by atoms with Crippen LogP contribution in [0.2, 0.25) is 0 Å². The Labute approximate surface area is 177 Å². The maximum atomic E-state index is 12.1. The zero-order valence-electron chi connectivity index (χ0n) is 15.6. The van der Waals surface area contributed by atoms with Gasteiger partial charge in [0, 0.05) is 32.9 Å². The summed E-state index contributed by atoms with van der Waals surface area (Å²) in [4.78, 5) is 4.45. The molecule has 2 rings (SSSR count). The van der Waals surface area contributed by atoms with Crippen LogP contribution in [0.1, 0.15) is 18.2 Å². The van der Waals surface area contributed by atoms with Crippen molar-refractivity contribution in [1.29, 1.82) is 0 Å². The molecular weight excluding hydrogens is 479 g/mol. The van der Waals surface area contributed by atoms with E-state index in [1.807, 2.05) is 50.4 Å². The highest BCUT2D eigenvalue weighted by molar-refractivity contribution is 14.0. The first-order chi connectivity index (χ1) is 12.5. The predicted molar refractivity (Wildman–Crippen MR) is 119 cm³/mol. The molecule has 8 nitrogen and oxygen atoms in total. The van der Waals surface area contributed by atoms with Crippen molar-refractivity contribution in [3.63, 3.8) is 0 Å². The first-order valence-electron chi connectivity index (χ1n) is 8.50. The highest BCUT2D eigenvalue weighted by atomic mass is 127. The van der Waals surface area contributed by atoms with E-state index in [1.165, 1.54) is 0 Å². The largest absolute Gasteiger partial charge is 0.357 e. The Kier molecular flexibility index (Phi) is 10.3. The van der Waals surface area contributed by atoms with Crippen LogP contribution < -0.4 is 15.4 Å². The lowest BCUT2D eigenvalue weighted by Gasteiger charge is -2.12. The Morgan fingerprint density at radius 2 is 1.93 bits per heavy atom. The van der Waals surface area contributed by atoms with Crippen LogP contribution in [0.15, 0.2) is 47.6 Å². The molecule has 0 fully saturated rings. The van der Waals surface area contributed by atoms with Gasteiger partial charge in [-0.1, -0.05) is 30.3 Å². The molecule has 0 bridgehead atoms. The number of halogens is 1. The van der Waals surface area contributed by atoms with E-state index in [9.17, 15) is 8.42 Å². The highest BCUT2D eigenvalue weighted by Crippen LogP contribution is 1.99. The molecule has 3 N–H and O–H groups in total. The van der Waals surface area contributed by atoms with E-state index in [1.54, 1.807) is 10.9 Å². The second kappa shape index (κ2) is 11.9. The standard InChI is InChI=1S/C17H26N6O2S.HI/c1-3-18-17(20-14-16-9-10-21-23(16)2)19-11-12-26(24,25)22-13-15-7-5-4-6-8-15;/h4-10,22H,3,11-14H2,1-2H3,(H2,18,19,20);1H. The van der Waals surface area contributed by atoms with Crippen molar-refractivity contribution in [1.82, 2.24) is 25.1 Å². The number of aromatic nitrogens is 2. The topological polar surface area (TPSA) is 100 Å². The molecule has 0 saturated heterocycles. The second-order valence-electron chi connectivity index (χ2n) is 5.69. The summed E-state index contributed by atoms with van der Waals surface area (Å²) in [6.45, 7) is 3.67. The molecule has 1 heterocycles. The molecular formula is C17H27IN6O2S. The quantitative estimate of drug-likeness (QED) is 0.270. The minimum Gasteiger partial charge on any atom is -0.357 e. The van der Waals surface area contributed by atoms with Crippen molar-refractivity contribution in [3.05, 3.63) is 53.9 Å². The molecule has 0 unspecified atom stereocenters. The Morgan fingerprint density at radius 3 is 2.56 bits per heavy atom. The minimum atomic E-state index is -3.36. The van der Waals surface area contributed by atoms with Crippen molar-refractivity contribution in [2.24, 2.45) is 12.0 Å². The van der Waals surface area contributed by atoms with Crippen LogP contribution in [-0.2, 0) is 30.2 Å². The van der Waals surface area contributed by atoms with Crippen LogP contribution in [-0.4, -0.2) is 43.0 Å². The van der Waals surface area contributed by atoms with Gasteiger partial charge in [-0.15, -0.1) is 24.0 Å². The summed E-state index contributed by atoms with van der Waals surface area (Å²) in [6.07, 6.45) is 1.72. The van der Waals surface area contributed by atoms with E-state index >= 15 is 0 Å². The molecule has 0 spiro atoms. The third-order valence-electron chi connectivity index (χ3n) is 3.67. The molecule has 0 radical (unpaired) electrons. The fourth-order valence-corrected chi connectivity index (χ4v) is 3.13. The van der Waals surface area contributed by atoms with Crippen molar-refractivity contribution >= 4 is 40.0 Å². The molecule has 0 amide bonds. The highest BCUT2D eigenvalue weighted by Gasteiger charge is 2.10. The Hall–Kier alpha value is -1.66. The Balaban J connectivity index is 0.00000364. The number of aryl methyl sites for hydroxylation is 1. The first kappa shape index (κ1) is 23.4. The number of benzene rings is 1. The van der Waals surface area contributed by atoms with Gasteiger partial charge in [0.1, 0.15) is 0 Å². The molecule has 0 aliphatic rings. The number of nitrogens with one attached hydrogen (secondary N) is 3. The summed E-state index contributed by atoms with van der Waals surface area (Å²) in [5.74, 6) is 0.544. The number of sulfonamides is 1. The number of aliphatic imine (C=N–C) groups is 1. The number of nitrogens with zero attached hydrogens (tertiary/aromatic N) is 3. The Morgan fingerprint density at radius 1 is 1.19 bits per heavy atom. The lowest BCUT2D eigenvalue weighted by molar-refractivity contribution is 0.580. The molecule has 1 aromatic heterocycles. The summed E-state index contributed by atoms with van der Waals surface area (Å²) in [7, 11) is -1.51. The van der Waals surface area contributed by atoms with Crippen LogP contribution >= 0.6 is 24.0 Å². The fourth-order valence-electron chi connectivity index (χ4n) is 2.22. The average Bonchev–Trinajstić information content (AvgIpc) is 3.04. The van der Waals surface area contributed by atoms with Crippen molar-refractivity contribution in [2.45, 2.75) is 20.0 Å². The van der Waals surface area contributed by atoms with Gasteiger partial charge in [0.2, 0.25) is 10.0 Å². The summed E-state index contributed by atoms with van der Waals surface area (Å²) in [5.41, 5.74) is 1.90. The molecule has 1 aromatic carbocycles. The molecule has 0 aliphatic heterocycles. The van der Waals surface area contributed by atoms with E-state index in [-0.39, 0.29) is 42.8 Å². The van der Waals surface area contributed by atoms with Gasteiger partial charge >= 0.3 is 0 Å². The number of rotatable bonds is 9. The van der Waals surface area contributed by atoms with Crippen LogP contribution in [0.3, 0.4) is 0 Å². The van der Waals surface area contributed by atoms with Gasteiger partial charge in [-0.25, -0.2) is 18.1 Å². The summed E-state index contributed by atoms with van der Waals surface area (Å²) in [6, 6.07) is 11.3. The van der Waals surface area contributed by atoms with E-state index in [0.29, 0.717) is 19.0 Å². The van der Waals surface area contributed by atoms with E-state index in [4.69, 9.17) is 0 Å². The minimum absolute atomic E-state index is 0. The Bertz CT molecular complexity index is 808. The van der Waals surface area contributed by atoms with Gasteiger partial charge in [-0.3, -0.25) is 4.68 Å². The first-order valence-corrected chi connectivity index (χ1v) is 10.2. The lowest BCUT2D eigenvalue weighted by Crippen LogP contribution is -2.41. The monoisotopic (exact) mass is 506 g/mol. The molecule has 0 atom stereocenters. The predicted octanol–water partition coefficient (Wildman–Crippen LogP) is 1.21. The third kappa shape index (κ3) is 8.71. The van der Waals surface area contributed by atoms with Gasteiger partial charge in [0.05, 0.1) is 18.0 Å². The zero-order chi connectivity index (χ0) is 18.8. The molecule has 2 aromatic rings. The summed E-state index contributed by atoms with van der Waals surface area (Å²) >= 11 is 0. The van der Waals surface area contributed by atoms with Crippen molar-refractivity contribution in [3.8, 4) is 0 Å². The lowest BCUT2D eigenvalue weighted by atomic mass is 10.2.